The number of hydrogen-bond donors (Lipinski definition) is 0. The molecule has 7 heteroatoms. The Morgan fingerprint density at radius 3 is 2.12 bits per heavy atom. The molecule has 2 fully saturated rings. The van der Waals surface area contributed by atoms with Gasteiger partial charge in [0.05, 0.1) is 6.10 Å². The zero-order valence-corrected chi connectivity index (χ0v) is 27.2. The van der Waals surface area contributed by atoms with E-state index in [1.165, 1.54) is 0 Å². The SMILES string of the molecule is C=C1/C(=C\CP(=O)(c2ccccc2)c2ccccc2)C[C@@H](OCCCO[Si](C)(C)C(C)(C)C)[C@H]2OC(C)(C)O[C@H]12. The largest absolute Gasteiger partial charge is 0.417 e. The van der Waals surface area contributed by atoms with E-state index in [0.717, 1.165) is 28.2 Å². The summed E-state index contributed by atoms with van der Waals surface area (Å²) in [7, 11) is -4.68. The van der Waals surface area contributed by atoms with Crippen LogP contribution in [-0.2, 0) is 23.2 Å². The first kappa shape index (κ1) is 31.1. The lowest BCUT2D eigenvalue weighted by Crippen LogP contribution is -2.43. The molecule has 0 N–H and O–H groups in total. The predicted octanol–water partition coefficient (Wildman–Crippen LogP) is 7.20. The van der Waals surface area contributed by atoms with Crippen molar-refractivity contribution in [3.05, 3.63) is 84.5 Å². The van der Waals surface area contributed by atoms with Crippen LogP contribution in [-0.4, -0.2) is 51.8 Å². The molecule has 40 heavy (non-hydrogen) atoms. The van der Waals surface area contributed by atoms with Crippen LogP contribution in [0.2, 0.25) is 18.1 Å². The van der Waals surface area contributed by atoms with Crippen LogP contribution < -0.4 is 10.6 Å². The van der Waals surface area contributed by atoms with Crippen LogP contribution in [0.25, 0.3) is 0 Å². The third-order valence-electron chi connectivity index (χ3n) is 8.50. The predicted molar refractivity (Wildman–Crippen MR) is 168 cm³/mol. The van der Waals surface area contributed by atoms with E-state index in [9.17, 15) is 4.57 Å². The number of hydrogen-bond acceptors (Lipinski definition) is 5. The molecule has 0 unspecified atom stereocenters. The van der Waals surface area contributed by atoms with Gasteiger partial charge in [-0.1, -0.05) is 94.1 Å². The minimum atomic E-state index is -2.89. The Hall–Kier alpha value is -1.79. The maximum absolute atomic E-state index is 14.6. The van der Waals surface area contributed by atoms with Crippen LogP contribution in [0.1, 0.15) is 47.5 Å². The van der Waals surface area contributed by atoms with Gasteiger partial charge in [-0.05, 0) is 49.5 Å². The average Bonchev–Trinajstić information content (AvgIpc) is 3.25. The smallest absolute Gasteiger partial charge is 0.191 e. The van der Waals surface area contributed by atoms with Crippen molar-refractivity contribution in [2.75, 3.05) is 19.4 Å². The van der Waals surface area contributed by atoms with E-state index in [2.05, 4.69) is 46.5 Å². The molecule has 0 amide bonds. The molecule has 1 heterocycles. The highest BCUT2D eigenvalue weighted by molar-refractivity contribution is 7.78. The van der Waals surface area contributed by atoms with Crippen molar-refractivity contribution in [1.29, 1.82) is 0 Å². The van der Waals surface area contributed by atoms with Crippen LogP contribution in [0.5, 0.6) is 0 Å². The summed E-state index contributed by atoms with van der Waals surface area (Å²) in [5.41, 5.74) is 1.93. The first-order chi connectivity index (χ1) is 18.7. The normalized spacial score (nSPS) is 24.3. The monoisotopic (exact) mass is 582 g/mol. The van der Waals surface area contributed by atoms with Gasteiger partial charge in [0.15, 0.2) is 14.1 Å². The van der Waals surface area contributed by atoms with Crippen molar-refractivity contribution in [2.45, 2.75) is 89.7 Å². The number of rotatable bonds is 10. The minimum absolute atomic E-state index is 0.177. The number of fused-ring (bicyclic) bond motifs is 1. The summed E-state index contributed by atoms with van der Waals surface area (Å²) in [6.45, 7) is 20.9. The summed E-state index contributed by atoms with van der Waals surface area (Å²) in [6, 6.07) is 19.6. The zero-order valence-electron chi connectivity index (χ0n) is 25.3. The van der Waals surface area contributed by atoms with Gasteiger partial charge in [0.2, 0.25) is 0 Å². The molecule has 3 atom stereocenters. The average molecular weight is 583 g/mol. The molecular weight excluding hydrogens is 535 g/mol. The van der Waals surface area contributed by atoms with Gasteiger partial charge in [0, 0.05) is 36.4 Å². The van der Waals surface area contributed by atoms with E-state index in [-0.39, 0.29) is 23.4 Å². The number of ether oxygens (including phenoxy) is 3. The standard InChI is InChI=1S/C33H47O5PSi/c1-25-26(20-23-39(34,27-16-11-9-12-17-27)28-18-13-10-14-19-28)24-29(31-30(25)37-33(5,6)38-31)35-21-15-22-36-40(7,8)32(2,3)4/h9-14,16-20,29-31H,1,15,21-24H2,2-8H3/b26-20-/t29-,30-,31-/m1/s1. The Balaban J connectivity index is 1.51. The van der Waals surface area contributed by atoms with E-state index in [1.807, 2.05) is 74.5 Å². The quantitative estimate of drug-likeness (QED) is 0.168. The van der Waals surface area contributed by atoms with Gasteiger partial charge in [0.25, 0.3) is 0 Å². The van der Waals surface area contributed by atoms with Crippen LogP contribution in [0.15, 0.2) is 84.5 Å². The van der Waals surface area contributed by atoms with Gasteiger partial charge < -0.3 is 23.2 Å². The second-order valence-electron chi connectivity index (χ2n) is 12.9. The molecule has 1 saturated heterocycles. The van der Waals surface area contributed by atoms with Crippen LogP contribution >= 0.6 is 7.14 Å². The third-order valence-corrected chi connectivity index (χ3v) is 16.0. The molecule has 1 saturated carbocycles. The summed E-state index contributed by atoms with van der Waals surface area (Å²) in [4.78, 5) is 0. The zero-order chi connectivity index (χ0) is 29.2. The van der Waals surface area contributed by atoms with E-state index in [4.69, 9.17) is 18.6 Å². The van der Waals surface area contributed by atoms with Gasteiger partial charge in [-0.2, -0.15) is 0 Å². The van der Waals surface area contributed by atoms with Crippen molar-refractivity contribution < 1.29 is 23.2 Å². The molecular formula is C33H47O5PSi. The second-order valence-corrected chi connectivity index (χ2v) is 20.6. The third kappa shape index (κ3) is 6.98. The van der Waals surface area contributed by atoms with Crippen molar-refractivity contribution in [3.63, 3.8) is 0 Å². The molecule has 218 valence electrons. The lowest BCUT2D eigenvalue weighted by atomic mass is 9.84. The maximum atomic E-state index is 14.6. The summed E-state index contributed by atoms with van der Waals surface area (Å²) in [6.07, 6.45) is 3.28. The Bertz CT molecular complexity index is 1190. The topological polar surface area (TPSA) is 54.0 Å². The summed E-state index contributed by atoms with van der Waals surface area (Å²) in [5, 5.41) is 1.89. The Morgan fingerprint density at radius 2 is 1.57 bits per heavy atom. The minimum Gasteiger partial charge on any atom is -0.417 e. The highest BCUT2D eigenvalue weighted by Gasteiger charge is 2.50. The fourth-order valence-corrected chi connectivity index (χ4v) is 8.71. The first-order valence-electron chi connectivity index (χ1n) is 14.4. The molecule has 1 aliphatic carbocycles. The Morgan fingerprint density at radius 1 is 1.00 bits per heavy atom. The van der Waals surface area contributed by atoms with Gasteiger partial charge in [-0.25, -0.2) is 0 Å². The highest BCUT2D eigenvalue weighted by atomic mass is 31.2. The van der Waals surface area contributed by atoms with E-state index >= 15 is 0 Å². The van der Waals surface area contributed by atoms with Crippen LogP contribution in [0.3, 0.4) is 0 Å². The maximum Gasteiger partial charge on any atom is 0.191 e. The van der Waals surface area contributed by atoms with Gasteiger partial charge in [-0.3, -0.25) is 0 Å². The van der Waals surface area contributed by atoms with Crippen molar-refractivity contribution in [2.24, 2.45) is 0 Å². The molecule has 4 rings (SSSR count). The van der Waals surface area contributed by atoms with E-state index in [0.29, 0.717) is 25.8 Å². The van der Waals surface area contributed by atoms with E-state index < -0.39 is 21.2 Å². The summed E-state index contributed by atoms with van der Waals surface area (Å²) in [5.74, 6) is -0.718. The summed E-state index contributed by atoms with van der Waals surface area (Å²) < 4.78 is 40.0. The molecule has 2 aromatic rings. The second kappa shape index (κ2) is 12.2. The van der Waals surface area contributed by atoms with Crippen LogP contribution in [0.4, 0.5) is 0 Å². The number of allylic oxidation sites excluding steroid dienone is 1. The molecule has 2 aromatic carbocycles. The molecule has 0 aromatic heterocycles. The van der Waals surface area contributed by atoms with Crippen molar-refractivity contribution >= 4 is 26.1 Å². The Labute approximate surface area is 242 Å². The molecule has 0 radical (unpaired) electrons. The number of benzene rings is 2. The summed E-state index contributed by atoms with van der Waals surface area (Å²) >= 11 is 0. The van der Waals surface area contributed by atoms with Gasteiger partial charge in [0.1, 0.15) is 19.3 Å². The fourth-order valence-electron chi connectivity index (χ4n) is 5.12. The van der Waals surface area contributed by atoms with E-state index in [1.54, 1.807) is 0 Å². The molecule has 1 aliphatic heterocycles. The fraction of sp³-hybridized carbons (Fsp3) is 0.515. The van der Waals surface area contributed by atoms with Crippen LogP contribution in [0, 0.1) is 0 Å². The molecule has 2 aliphatic rings. The van der Waals surface area contributed by atoms with Crippen molar-refractivity contribution in [1.82, 2.24) is 0 Å². The van der Waals surface area contributed by atoms with Gasteiger partial charge >= 0.3 is 0 Å². The lowest BCUT2D eigenvalue weighted by molar-refractivity contribution is -0.157. The van der Waals surface area contributed by atoms with Gasteiger partial charge in [-0.15, -0.1) is 0 Å². The molecule has 0 spiro atoms. The lowest BCUT2D eigenvalue weighted by Gasteiger charge is -2.36. The highest BCUT2D eigenvalue weighted by Crippen LogP contribution is 2.46. The molecule has 0 bridgehead atoms. The molecule has 5 nitrogen and oxygen atoms in total. The van der Waals surface area contributed by atoms with Crippen molar-refractivity contribution in [3.8, 4) is 0 Å². The Kier molecular flexibility index (Phi) is 9.51. The first-order valence-corrected chi connectivity index (χ1v) is 19.2.